The molecular weight excluding hydrogens is 346 g/mol. The molecule has 0 heterocycles. The lowest BCUT2D eigenvalue weighted by Crippen LogP contribution is -2.14. The molecule has 110 valence electrons. The van der Waals surface area contributed by atoms with E-state index in [1.54, 1.807) is 12.1 Å². The number of carbonyl (C=O) groups is 1. The van der Waals surface area contributed by atoms with Crippen molar-refractivity contribution >= 4 is 33.2 Å². The van der Waals surface area contributed by atoms with E-state index < -0.39 is 5.91 Å². The Hall–Kier alpha value is -2.78. The Kier molecular flexibility index (Phi) is 5.17. The molecule has 0 saturated heterocycles. The van der Waals surface area contributed by atoms with Crippen molar-refractivity contribution in [1.82, 2.24) is 0 Å². The SMILES string of the molecule is N#C/C(=C/Nc1ccc(Br)cc1)C(=O)Nc1ccc(O)cc1. The van der Waals surface area contributed by atoms with Crippen LogP contribution in [-0.4, -0.2) is 11.0 Å². The van der Waals surface area contributed by atoms with Crippen molar-refractivity contribution in [1.29, 1.82) is 5.26 Å². The number of amides is 1. The molecule has 3 N–H and O–H groups in total. The molecular formula is C16H12BrN3O2. The van der Waals surface area contributed by atoms with Gasteiger partial charge in [0.25, 0.3) is 5.91 Å². The number of phenolic OH excluding ortho intramolecular Hbond substituents is 1. The van der Waals surface area contributed by atoms with Gasteiger partial charge in [-0.3, -0.25) is 4.79 Å². The van der Waals surface area contributed by atoms with Crippen molar-refractivity contribution in [2.24, 2.45) is 0 Å². The molecule has 0 atom stereocenters. The van der Waals surface area contributed by atoms with Gasteiger partial charge in [0.15, 0.2) is 0 Å². The smallest absolute Gasteiger partial charge is 0.267 e. The first-order valence-electron chi connectivity index (χ1n) is 6.31. The number of carbonyl (C=O) groups excluding carboxylic acids is 1. The Morgan fingerprint density at radius 3 is 2.27 bits per heavy atom. The number of hydrogen-bond donors (Lipinski definition) is 3. The van der Waals surface area contributed by atoms with Gasteiger partial charge in [-0.15, -0.1) is 0 Å². The van der Waals surface area contributed by atoms with Crippen LogP contribution in [0.15, 0.2) is 64.8 Å². The monoisotopic (exact) mass is 357 g/mol. The van der Waals surface area contributed by atoms with Gasteiger partial charge in [0.2, 0.25) is 0 Å². The average molecular weight is 358 g/mol. The Bertz CT molecular complexity index is 731. The number of aromatic hydroxyl groups is 1. The van der Waals surface area contributed by atoms with Crippen LogP contribution in [0.5, 0.6) is 5.75 Å². The van der Waals surface area contributed by atoms with Crippen molar-refractivity contribution in [3.63, 3.8) is 0 Å². The van der Waals surface area contributed by atoms with E-state index in [1.165, 1.54) is 18.3 Å². The summed E-state index contributed by atoms with van der Waals surface area (Å²) in [5.74, 6) is -0.427. The Balaban J connectivity index is 2.05. The summed E-state index contributed by atoms with van der Waals surface area (Å²) in [6.07, 6.45) is 1.35. The summed E-state index contributed by atoms with van der Waals surface area (Å²) < 4.78 is 0.938. The summed E-state index contributed by atoms with van der Waals surface area (Å²) in [5.41, 5.74) is 1.19. The number of hydrogen-bond acceptors (Lipinski definition) is 4. The maximum atomic E-state index is 12.0. The molecule has 0 saturated carbocycles. The predicted octanol–water partition coefficient (Wildman–Crippen LogP) is 3.61. The summed E-state index contributed by atoms with van der Waals surface area (Å²) in [4.78, 5) is 12.0. The number of nitrogens with zero attached hydrogens (tertiary/aromatic N) is 1. The lowest BCUT2D eigenvalue weighted by molar-refractivity contribution is -0.112. The third-order valence-corrected chi connectivity index (χ3v) is 3.25. The number of nitriles is 1. The predicted molar refractivity (Wildman–Crippen MR) is 88.2 cm³/mol. The molecule has 0 bridgehead atoms. The highest BCUT2D eigenvalue weighted by Crippen LogP contribution is 2.16. The molecule has 22 heavy (non-hydrogen) atoms. The average Bonchev–Trinajstić information content (AvgIpc) is 2.52. The molecule has 0 fully saturated rings. The molecule has 2 rings (SSSR count). The number of anilines is 2. The summed E-state index contributed by atoms with van der Waals surface area (Å²) in [5, 5.41) is 23.7. The molecule has 0 spiro atoms. The van der Waals surface area contributed by atoms with Crippen LogP contribution in [0.4, 0.5) is 11.4 Å². The number of halogens is 1. The molecule has 0 aliphatic rings. The topological polar surface area (TPSA) is 85.2 Å². The van der Waals surface area contributed by atoms with Crippen LogP contribution in [0, 0.1) is 11.3 Å². The second-order valence-corrected chi connectivity index (χ2v) is 5.24. The molecule has 5 nitrogen and oxygen atoms in total. The second kappa shape index (κ2) is 7.29. The van der Waals surface area contributed by atoms with Gasteiger partial charge >= 0.3 is 0 Å². The van der Waals surface area contributed by atoms with E-state index in [0.717, 1.165) is 10.2 Å². The van der Waals surface area contributed by atoms with Crippen LogP contribution in [0.3, 0.4) is 0 Å². The second-order valence-electron chi connectivity index (χ2n) is 4.32. The maximum absolute atomic E-state index is 12.0. The van der Waals surface area contributed by atoms with E-state index in [4.69, 9.17) is 5.26 Å². The molecule has 1 amide bonds. The van der Waals surface area contributed by atoms with Crippen molar-refractivity contribution in [2.75, 3.05) is 10.6 Å². The first-order chi connectivity index (χ1) is 10.6. The molecule has 0 radical (unpaired) electrons. The number of rotatable bonds is 4. The fraction of sp³-hybridized carbons (Fsp3) is 0. The van der Waals surface area contributed by atoms with E-state index in [-0.39, 0.29) is 11.3 Å². The zero-order valence-electron chi connectivity index (χ0n) is 11.4. The molecule has 0 aliphatic carbocycles. The van der Waals surface area contributed by atoms with Crippen LogP contribution in [0.25, 0.3) is 0 Å². The van der Waals surface area contributed by atoms with Gasteiger partial charge in [-0.25, -0.2) is 0 Å². The maximum Gasteiger partial charge on any atom is 0.267 e. The lowest BCUT2D eigenvalue weighted by atomic mass is 10.2. The standard InChI is InChI=1S/C16H12BrN3O2/c17-12-1-3-13(4-2-12)19-10-11(9-18)16(22)20-14-5-7-15(21)8-6-14/h1-8,10,19,21H,(H,20,22)/b11-10-. The molecule has 0 aliphatic heterocycles. The molecule has 2 aromatic rings. The minimum atomic E-state index is -0.530. The summed E-state index contributed by atoms with van der Waals surface area (Å²) >= 11 is 3.33. The molecule has 2 aromatic carbocycles. The van der Waals surface area contributed by atoms with Crippen LogP contribution in [0.2, 0.25) is 0 Å². The summed E-state index contributed by atoms with van der Waals surface area (Å²) in [6.45, 7) is 0. The fourth-order valence-corrected chi connectivity index (χ4v) is 1.86. The molecule has 6 heteroatoms. The van der Waals surface area contributed by atoms with Crippen molar-refractivity contribution < 1.29 is 9.90 Å². The van der Waals surface area contributed by atoms with Gasteiger partial charge in [-0.2, -0.15) is 5.26 Å². The van der Waals surface area contributed by atoms with Gasteiger partial charge in [-0.05, 0) is 48.5 Å². The summed E-state index contributed by atoms with van der Waals surface area (Å²) in [6, 6.07) is 15.2. The molecule has 0 aromatic heterocycles. The lowest BCUT2D eigenvalue weighted by Gasteiger charge is -2.05. The first-order valence-corrected chi connectivity index (χ1v) is 7.10. The minimum absolute atomic E-state index is 0.0593. The van der Waals surface area contributed by atoms with E-state index in [2.05, 4.69) is 26.6 Å². The fourth-order valence-electron chi connectivity index (χ4n) is 1.59. The highest BCUT2D eigenvalue weighted by Gasteiger charge is 2.09. The van der Waals surface area contributed by atoms with E-state index in [9.17, 15) is 9.90 Å². The summed E-state index contributed by atoms with van der Waals surface area (Å²) in [7, 11) is 0. The Labute approximate surface area is 136 Å². The number of nitrogens with one attached hydrogen (secondary N) is 2. The van der Waals surface area contributed by atoms with Gasteiger partial charge < -0.3 is 15.7 Å². The van der Waals surface area contributed by atoms with Gasteiger partial charge in [0.05, 0.1) is 0 Å². The first kappa shape index (κ1) is 15.6. The quantitative estimate of drug-likeness (QED) is 0.443. The highest BCUT2D eigenvalue weighted by molar-refractivity contribution is 9.10. The normalized spacial score (nSPS) is 10.6. The van der Waals surface area contributed by atoms with Gasteiger partial charge in [0, 0.05) is 22.0 Å². The van der Waals surface area contributed by atoms with Crippen LogP contribution in [0.1, 0.15) is 0 Å². The Morgan fingerprint density at radius 1 is 1.09 bits per heavy atom. The highest BCUT2D eigenvalue weighted by atomic mass is 79.9. The van der Waals surface area contributed by atoms with Crippen molar-refractivity contribution in [2.45, 2.75) is 0 Å². The van der Waals surface area contributed by atoms with Crippen molar-refractivity contribution in [3.8, 4) is 11.8 Å². The van der Waals surface area contributed by atoms with E-state index >= 15 is 0 Å². The van der Waals surface area contributed by atoms with E-state index in [0.29, 0.717) is 5.69 Å². The third kappa shape index (κ3) is 4.36. The van der Waals surface area contributed by atoms with E-state index in [1.807, 2.05) is 30.3 Å². The largest absolute Gasteiger partial charge is 0.508 e. The van der Waals surface area contributed by atoms with Crippen LogP contribution >= 0.6 is 15.9 Å². The third-order valence-electron chi connectivity index (χ3n) is 2.72. The van der Waals surface area contributed by atoms with Gasteiger partial charge in [0.1, 0.15) is 17.4 Å². The van der Waals surface area contributed by atoms with Crippen molar-refractivity contribution in [3.05, 3.63) is 64.8 Å². The van der Waals surface area contributed by atoms with Crippen LogP contribution in [-0.2, 0) is 4.79 Å². The minimum Gasteiger partial charge on any atom is -0.508 e. The zero-order chi connectivity index (χ0) is 15.9. The van der Waals surface area contributed by atoms with Crippen LogP contribution < -0.4 is 10.6 Å². The van der Waals surface area contributed by atoms with Gasteiger partial charge in [-0.1, -0.05) is 15.9 Å². The number of phenols is 1. The number of benzene rings is 2. The zero-order valence-corrected chi connectivity index (χ0v) is 13.0. The Morgan fingerprint density at radius 2 is 1.68 bits per heavy atom. The molecule has 0 unspecified atom stereocenters.